The number of benzene rings is 3. The Balaban J connectivity index is 1.75. The first-order valence-corrected chi connectivity index (χ1v) is 9.04. The van der Waals surface area contributed by atoms with E-state index < -0.39 is 0 Å². The zero-order chi connectivity index (χ0) is 19.5. The van der Waals surface area contributed by atoms with Crippen LogP contribution in [0.1, 0.15) is 11.1 Å². The van der Waals surface area contributed by atoms with Gasteiger partial charge in [0.15, 0.2) is 0 Å². The van der Waals surface area contributed by atoms with E-state index in [2.05, 4.69) is 0 Å². The van der Waals surface area contributed by atoms with Gasteiger partial charge in [-0.1, -0.05) is 36.4 Å². The average Bonchev–Trinajstić information content (AvgIpc) is 2.87. The zero-order valence-electron chi connectivity index (χ0n) is 15.5. The number of carbonyl (C=O) groups excluding carboxylic acids is 1. The highest BCUT2D eigenvalue weighted by Crippen LogP contribution is 2.32. The van der Waals surface area contributed by atoms with Gasteiger partial charge >= 0.3 is 0 Å². The molecule has 0 saturated heterocycles. The lowest BCUT2D eigenvalue weighted by Crippen LogP contribution is -2.32. The lowest BCUT2D eigenvalue weighted by atomic mass is 10.0. The Labute approximate surface area is 163 Å². The van der Waals surface area contributed by atoms with Crippen LogP contribution in [-0.4, -0.2) is 19.6 Å². The predicted molar refractivity (Wildman–Crippen MR) is 106 cm³/mol. The molecule has 1 heterocycles. The fourth-order valence-corrected chi connectivity index (χ4v) is 3.37. The van der Waals surface area contributed by atoms with Gasteiger partial charge in [-0.15, -0.1) is 0 Å². The Morgan fingerprint density at radius 3 is 2.64 bits per heavy atom. The van der Waals surface area contributed by atoms with Crippen molar-refractivity contribution in [2.24, 2.45) is 0 Å². The van der Waals surface area contributed by atoms with Crippen molar-refractivity contribution in [3.8, 4) is 16.9 Å². The van der Waals surface area contributed by atoms with Crippen LogP contribution in [0, 0.1) is 5.82 Å². The number of hydrogen-bond donors (Lipinski definition) is 0. The van der Waals surface area contributed by atoms with Crippen molar-refractivity contribution in [3.05, 3.63) is 83.7 Å². The minimum absolute atomic E-state index is 0.0218. The van der Waals surface area contributed by atoms with Gasteiger partial charge in [0.25, 0.3) is 5.91 Å². The van der Waals surface area contributed by atoms with Crippen LogP contribution < -0.4 is 9.64 Å². The van der Waals surface area contributed by atoms with Crippen molar-refractivity contribution in [1.82, 2.24) is 0 Å². The van der Waals surface area contributed by atoms with Crippen LogP contribution in [0.25, 0.3) is 11.1 Å². The first-order valence-electron chi connectivity index (χ1n) is 9.04. The third kappa shape index (κ3) is 3.75. The van der Waals surface area contributed by atoms with Gasteiger partial charge in [-0.25, -0.2) is 4.39 Å². The second-order valence-electron chi connectivity index (χ2n) is 6.68. The van der Waals surface area contributed by atoms with Crippen LogP contribution in [-0.2, 0) is 22.7 Å². The number of carbonyl (C=O) groups is 1. The minimum atomic E-state index is -0.292. The molecule has 4 nitrogen and oxygen atoms in total. The molecule has 5 heteroatoms. The van der Waals surface area contributed by atoms with Gasteiger partial charge in [0.05, 0.1) is 25.9 Å². The summed E-state index contributed by atoms with van der Waals surface area (Å²) in [5.41, 5.74) is 4.28. The van der Waals surface area contributed by atoms with Gasteiger partial charge in [-0.3, -0.25) is 4.79 Å². The molecule has 0 aliphatic carbocycles. The SMILES string of the molecule is COc1cccc(CN2C(=O)COCc3ccc(-c4cccc(F)c4)cc32)c1. The van der Waals surface area contributed by atoms with E-state index >= 15 is 0 Å². The molecule has 1 amide bonds. The van der Waals surface area contributed by atoms with E-state index in [4.69, 9.17) is 9.47 Å². The summed E-state index contributed by atoms with van der Waals surface area (Å²) in [6, 6.07) is 19.9. The van der Waals surface area contributed by atoms with E-state index in [9.17, 15) is 9.18 Å². The normalized spacial score (nSPS) is 13.8. The summed E-state index contributed by atoms with van der Waals surface area (Å²) < 4.78 is 24.5. The van der Waals surface area contributed by atoms with Crippen molar-refractivity contribution in [2.75, 3.05) is 18.6 Å². The molecule has 3 aromatic carbocycles. The Morgan fingerprint density at radius 1 is 1.00 bits per heavy atom. The van der Waals surface area contributed by atoms with Gasteiger partial charge in [-0.2, -0.15) is 0 Å². The third-order valence-corrected chi connectivity index (χ3v) is 4.79. The molecular formula is C23H20FNO3. The van der Waals surface area contributed by atoms with Gasteiger partial charge in [0.2, 0.25) is 0 Å². The number of hydrogen-bond acceptors (Lipinski definition) is 3. The zero-order valence-corrected chi connectivity index (χ0v) is 15.5. The molecule has 1 aliphatic rings. The van der Waals surface area contributed by atoms with Crippen LogP contribution in [0.3, 0.4) is 0 Å². The largest absolute Gasteiger partial charge is 0.497 e. The van der Waals surface area contributed by atoms with E-state index in [1.807, 2.05) is 48.5 Å². The quantitative estimate of drug-likeness (QED) is 0.669. The topological polar surface area (TPSA) is 38.8 Å². The van der Waals surface area contributed by atoms with E-state index in [0.29, 0.717) is 13.2 Å². The van der Waals surface area contributed by atoms with Crippen molar-refractivity contribution in [1.29, 1.82) is 0 Å². The standard InChI is InChI=1S/C23H20FNO3/c1-27-21-7-2-4-16(10-21)13-25-22-12-18(17-5-3-6-20(24)11-17)8-9-19(22)14-28-15-23(25)26/h2-12H,13-15H2,1H3. The van der Waals surface area contributed by atoms with Gasteiger partial charge in [0.1, 0.15) is 18.2 Å². The molecule has 0 aromatic heterocycles. The molecular weight excluding hydrogens is 357 g/mol. The van der Waals surface area contributed by atoms with Crippen molar-refractivity contribution in [2.45, 2.75) is 13.2 Å². The van der Waals surface area contributed by atoms with Crippen LogP contribution in [0.4, 0.5) is 10.1 Å². The van der Waals surface area contributed by atoms with Crippen LogP contribution in [0.15, 0.2) is 66.7 Å². The molecule has 28 heavy (non-hydrogen) atoms. The first-order chi connectivity index (χ1) is 13.6. The summed E-state index contributed by atoms with van der Waals surface area (Å²) in [4.78, 5) is 14.5. The molecule has 3 aromatic rings. The van der Waals surface area contributed by atoms with Crippen molar-refractivity contribution >= 4 is 11.6 Å². The summed E-state index contributed by atoms with van der Waals surface area (Å²) in [6.45, 7) is 0.784. The molecule has 142 valence electrons. The summed E-state index contributed by atoms with van der Waals surface area (Å²) in [5.74, 6) is 0.336. The third-order valence-electron chi connectivity index (χ3n) is 4.79. The molecule has 4 rings (SSSR count). The smallest absolute Gasteiger partial charge is 0.253 e. The van der Waals surface area contributed by atoms with Crippen LogP contribution >= 0.6 is 0 Å². The molecule has 0 bridgehead atoms. The first kappa shape index (κ1) is 18.2. The molecule has 0 atom stereocenters. The van der Waals surface area contributed by atoms with Crippen LogP contribution in [0.5, 0.6) is 5.75 Å². The molecule has 0 radical (unpaired) electrons. The van der Waals surface area contributed by atoms with E-state index in [1.54, 1.807) is 18.1 Å². The number of halogens is 1. The molecule has 0 spiro atoms. The number of rotatable bonds is 4. The fourth-order valence-electron chi connectivity index (χ4n) is 3.37. The van der Waals surface area contributed by atoms with Gasteiger partial charge < -0.3 is 14.4 Å². The maximum absolute atomic E-state index is 13.7. The summed E-state index contributed by atoms with van der Waals surface area (Å²) >= 11 is 0. The Morgan fingerprint density at radius 2 is 1.82 bits per heavy atom. The molecule has 0 N–H and O–H groups in total. The lowest BCUT2D eigenvalue weighted by Gasteiger charge is -2.23. The van der Waals surface area contributed by atoms with E-state index in [1.165, 1.54) is 12.1 Å². The Bertz CT molecular complexity index is 1020. The maximum atomic E-state index is 13.7. The molecule has 1 aliphatic heterocycles. The molecule has 0 saturated carbocycles. The van der Waals surface area contributed by atoms with E-state index in [0.717, 1.165) is 33.7 Å². The van der Waals surface area contributed by atoms with Crippen LogP contribution in [0.2, 0.25) is 0 Å². The van der Waals surface area contributed by atoms with E-state index in [-0.39, 0.29) is 18.3 Å². The monoisotopic (exact) mass is 377 g/mol. The summed E-state index contributed by atoms with van der Waals surface area (Å²) in [6.07, 6.45) is 0. The Hall–Kier alpha value is -3.18. The maximum Gasteiger partial charge on any atom is 0.253 e. The molecule has 0 fully saturated rings. The average molecular weight is 377 g/mol. The number of amides is 1. The fraction of sp³-hybridized carbons (Fsp3) is 0.174. The predicted octanol–water partition coefficient (Wildman–Crippen LogP) is 4.56. The number of fused-ring (bicyclic) bond motifs is 1. The second kappa shape index (κ2) is 7.82. The highest BCUT2D eigenvalue weighted by Gasteiger charge is 2.23. The number of nitrogens with zero attached hydrogens (tertiary/aromatic N) is 1. The molecule has 0 unspecified atom stereocenters. The lowest BCUT2D eigenvalue weighted by molar-refractivity contribution is -0.123. The van der Waals surface area contributed by atoms with Crippen molar-refractivity contribution in [3.63, 3.8) is 0 Å². The van der Waals surface area contributed by atoms with Crippen molar-refractivity contribution < 1.29 is 18.7 Å². The summed E-state index contributed by atoms with van der Waals surface area (Å²) in [5, 5.41) is 0. The number of methoxy groups -OCH3 is 1. The number of ether oxygens (including phenoxy) is 2. The minimum Gasteiger partial charge on any atom is -0.497 e. The summed E-state index contributed by atoms with van der Waals surface area (Å²) in [7, 11) is 1.62. The highest BCUT2D eigenvalue weighted by atomic mass is 19.1. The second-order valence-corrected chi connectivity index (χ2v) is 6.68. The number of anilines is 1. The van der Waals surface area contributed by atoms with Gasteiger partial charge in [-0.05, 0) is 47.0 Å². The van der Waals surface area contributed by atoms with Gasteiger partial charge in [0, 0.05) is 5.56 Å². The Kier molecular flexibility index (Phi) is 5.08. The highest BCUT2D eigenvalue weighted by molar-refractivity contribution is 5.96.